The highest BCUT2D eigenvalue weighted by atomic mass is 32.2. The average molecular weight is 482 g/mol. The van der Waals surface area contributed by atoms with E-state index in [1.165, 1.54) is 11.8 Å². The van der Waals surface area contributed by atoms with Gasteiger partial charge in [0, 0.05) is 25.2 Å². The highest BCUT2D eigenvalue weighted by Gasteiger charge is 2.27. The molecule has 0 aliphatic carbocycles. The number of amides is 1. The second-order valence-electron chi connectivity index (χ2n) is 9.57. The van der Waals surface area contributed by atoms with Crippen LogP contribution < -0.4 is 5.56 Å². The fourth-order valence-electron chi connectivity index (χ4n) is 3.67. The lowest BCUT2D eigenvalue weighted by Gasteiger charge is -2.36. The van der Waals surface area contributed by atoms with Gasteiger partial charge in [-0.2, -0.15) is 0 Å². The summed E-state index contributed by atoms with van der Waals surface area (Å²) < 4.78 is 7.33. The van der Waals surface area contributed by atoms with Gasteiger partial charge in [-0.25, -0.2) is 4.98 Å². The van der Waals surface area contributed by atoms with E-state index in [0.29, 0.717) is 42.2 Å². The SMILES string of the molecule is CC(C)OCCCn1c(SCC(=O)N(Cc2ccccc2)C(C)(C)C)nc2ccccc2c1=O. The van der Waals surface area contributed by atoms with Crippen molar-refractivity contribution >= 4 is 28.6 Å². The first-order chi connectivity index (χ1) is 16.2. The molecule has 3 rings (SSSR count). The van der Waals surface area contributed by atoms with Crippen molar-refractivity contribution in [2.24, 2.45) is 0 Å². The predicted molar refractivity (Wildman–Crippen MR) is 139 cm³/mol. The molecule has 34 heavy (non-hydrogen) atoms. The smallest absolute Gasteiger partial charge is 0.262 e. The quantitative estimate of drug-likeness (QED) is 0.228. The van der Waals surface area contributed by atoms with Gasteiger partial charge in [0.1, 0.15) is 0 Å². The zero-order valence-corrected chi connectivity index (χ0v) is 21.6. The summed E-state index contributed by atoms with van der Waals surface area (Å²) in [7, 11) is 0. The van der Waals surface area contributed by atoms with Crippen LogP contribution >= 0.6 is 11.8 Å². The fraction of sp³-hybridized carbons (Fsp3) is 0.444. The monoisotopic (exact) mass is 481 g/mol. The Kier molecular flexibility index (Phi) is 8.91. The first kappa shape index (κ1) is 26.0. The zero-order valence-electron chi connectivity index (χ0n) is 20.8. The molecule has 0 radical (unpaired) electrons. The van der Waals surface area contributed by atoms with Gasteiger partial charge in [-0.3, -0.25) is 14.2 Å². The summed E-state index contributed by atoms with van der Waals surface area (Å²) in [5, 5.41) is 1.15. The van der Waals surface area contributed by atoms with Crippen molar-refractivity contribution in [3.63, 3.8) is 0 Å². The van der Waals surface area contributed by atoms with Gasteiger partial charge in [0.25, 0.3) is 5.56 Å². The number of thioether (sulfide) groups is 1. The Hall–Kier alpha value is -2.64. The van der Waals surface area contributed by atoms with E-state index in [4.69, 9.17) is 9.72 Å². The number of aromatic nitrogens is 2. The molecule has 2 aromatic carbocycles. The summed E-state index contributed by atoms with van der Waals surface area (Å²) in [5.41, 5.74) is 1.32. The van der Waals surface area contributed by atoms with Crippen molar-refractivity contribution in [3.8, 4) is 0 Å². The molecule has 0 saturated heterocycles. The molecular formula is C27H35N3O3S. The maximum atomic E-state index is 13.3. The Bertz CT molecular complexity index is 1150. The number of nitrogens with zero attached hydrogens (tertiary/aromatic N) is 3. The van der Waals surface area contributed by atoms with Gasteiger partial charge in [-0.1, -0.05) is 54.2 Å². The van der Waals surface area contributed by atoms with Crippen LogP contribution in [-0.4, -0.2) is 44.4 Å². The average Bonchev–Trinajstić information content (AvgIpc) is 2.80. The van der Waals surface area contributed by atoms with Crippen LogP contribution in [0.25, 0.3) is 10.9 Å². The van der Waals surface area contributed by atoms with Crippen LogP contribution in [0, 0.1) is 0 Å². The molecule has 0 unspecified atom stereocenters. The number of ether oxygens (including phenoxy) is 1. The third-order valence-corrected chi connectivity index (χ3v) is 6.38. The third-order valence-electron chi connectivity index (χ3n) is 5.42. The molecule has 3 aromatic rings. The molecular weight excluding hydrogens is 446 g/mol. The molecule has 0 fully saturated rings. The van der Waals surface area contributed by atoms with Crippen LogP contribution in [0.5, 0.6) is 0 Å². The molecule has 0 atom stereocenters. The van der Waals surface area contributed by atoms with Crippen molar-refractivity contribution in [2.75, 3.05) is 12.4 Å². The van der Waals surface area contributed by atoms with E-state index in [2.05, 4.69) is 0 Å². The lowest BCUT2D eigenvalue weighted by atomic mass is 10.0. The van der Waals surface area contributed by atoms with Crippen molar-refractivity contribution in [1.82, 2.24) is 14.5 Å². The molecule has 0 bridgehead atoms. The Morgan fingerprint density at radius 2 is 1.76 bits per heavy atom. The molecule has 0 spiro atoms. The number of hydrogen-bond acceptors (Lipinski definition) is 5. The number of fused-ring (bicyclic) bond motifs is 1. The molecule has 0 saturated carbocycles. The summed E-state index contributed by atoms with van der Waals surface area (Å²) >= 11 is 1.32. The molecule has 6 nitrogen and oxygen atoms in total. The minimum atomic E-state index is -0.335. The van der Waals surface area contributed by atoms with Gasteiger partial charge in [0.05, 0.1) is 22.8 Å². The van der Waals surface area contributed by atoms with Crippen LogP contribution in [-0.2, 0) is 22.6 Å². The maximum absolute atomic E-state index is 13.3. The van der Waals surface area contributed by atoms with E-state index in [-0.39, 0.29) is 28.9 Å². The van der Waals surface area contributed by atoms with E-state index in [1.54, 1.807) is 10.6 Å². The summed E-state index contributed by atoms with van der Waals surface area (Å²) in [5.74, 6) is 0.218. The van der Waals surface area contributed by atoms with Crippen molar-refractivity contribution in [3.05, 3.63) is 70.5 Å². The number of carbonyl (C=O) groups is 1. The largest absolute Gasteiger partial charge is 0.379 e. The van der Waals surface area contributed by atoms with Crippen molar-refractivity contribution < 1.29 is 9.53 Å². The number of carbonyl (C=O) groups excluding carboxylic acids is 1. The second-order valence-corrected chi connectivity index (χ2v) is 10.5. The van der Waals surface area contributed by atoms with Gasteiger partial charge in [-0.15, -0.1) is 0 Å². The summed E-state index contributed by atoms with van der Waals surface area (Å²) in [6, 6.07) is 17.3. The predicted octanol–water partition coefficient (Wildman–Crippen LogP) is 5.13. The van der Waals surface area contributed by atoms with E-state index in [1.807, 2.05) is 88.0 Å². The topological polar surface area (TPSA) is 64.4 Å². The zero-order chi connectivity index (χ0) is 24.7. The molecule has 7 heteroatoms. The fourth-order valence-corrected chi connectivity index (χ4v) is 4.57. The Balaban J connectivity index is 1.82. The van der Waals surface area contributed by atoms with Crippen LogP contribution in [0.15, 0.2) is 64.5 Å². The first-order valence-corrected chi connectivity index (χ1v) is 12.7. The minimum absolute atomic E-state index is 0.0125. The standard InChI is InChI=1S/C27H35N3O3S/c1-20(2)33-17-11-16-29-25(32)22-14-9-10-15-23(22)28-26(29)34-19-24(31)30(27(3,4)5)18-21-12-7-6-8-13-21/h6-10,12-15,20H,11,16-19H2,1-5H3. The van der Waals surface area contributed by atoms with Crippen LogP contribution in [0.1, 0.15) is 46.6 Å². The molecule has 1 heterocycles. The number of rotatable bonds is 10. The van der Waals surface area contributed by atoms with E-state index < -0.39 is 0 Å². The van der Waals surface area contributed by atoms with Gasteiger partial charge in [-0.05, 0) is 58.7 Å². The van der Waals surface area contributed by atoms with E-state index >= 15 is 0 Å². The number of para-hydroxylation sites is 1. The van der Waals surface area contributed by atoms with Crippen LogP contribution in [0.2, 0.25) is 0 Å². The Labute approximate surface area is 206 Å². The normalized spacial score (nSPS) is 11.8. The summed E-state index contributed by atoms with van der Waals surface area (Å²) in [6.07, 6.45) is 0.841. The third kappa shape index (κ3) is 6.93. The molecule has 1 amide bonds. The molecule has 1 aromatic heterocycles. The molecule has 182 valence electrons. The first-order valence-electron chi connectivity index (χ1n) is 11.7. The molecule has 0 N–H and O–H groups in total. The highest BCUT2D eigenvalue weighted by Crippen LogP contribution is 2.23. The Morgan fingerprint density at radius 1 is 1.09 bits per heavy atom. The van der Waals surface area contributed by atoms with Crippen molar-refractivity contribution in [1.29, 1.82) is 0 Å². The second kappa shape index (κ2) is 11.7. The number of benzene rings is 2. The van der Waals surface area contributed by atoms with E-state index in [9.17, 15) is 9.59 Å². The van der Waals surface area contributed by atoms with Crippen molar-refractivity contribution in [2.45, 2.75) is 70.9 Å². The van der Waals surface area contributed by atoms with Gasteiger partial charge in [0.2, 0.25) is 5.91 Å². The summed E-state index contributed by atoms with van der Waals surface area (Å²) in [6.45, 7) is 11.7. The van der Waals surface area contributed by atoms with Gasteiger partial charge in [0.15, 0.2) is 5.16 Å². The number of hydrogen-bond donors (Lipinski definition) is 0. The molecule has 0 aliphatic heterocycles. The lowest BCUT2D eigenvalue weighted by Crippen LogP contribution is -2.46. The lowest BCUT2D eigenvalue weighted by molar-refractivity contribution is -0.133. The van der Waals surface area contributed by atoms with Gasteiger partial charge < -0.3 is 9.64 Å². The maximum Gasteiger partial charge on any atom is 0.262 e. The molecule has 0 aliphatic rings. The van der Waals surface area contributed by atoms with Crippen LogP contribution in [0.3, 0.4) is 0 Å². The van der Waals surface area contributed by atoms with E-state index in [0.717, 1.165) is 5.56 Å². The van der Waals surface area contributed by atoms with Crippen LogP contribution in [0.4, 0.5) is 0 Å². The van der Waals surface area contributed by atoms with Gasteiger partial charge >= 0.3 is 0 Å². The Morgan fingerprint density at radius 3 is 2.44 bits per heavy atom. The highest BCUT2D eigenvalue weighted by molar-refractivity contribution is 7.99. The minimum Gasteiger partial charge on any atom is -0.379 e. The summed E-state index contributed by atoms with van der Waals surface area (Å²) in [4.78, 5) is 33.2.